The molecule has 1 aromatic heterocycles. The van der Waals surface area contributed by atoms with E-state index in [-0.39, 0.29) is 5.92 Å². The number of H-pyrrole nitrogens is 1. The highest BCUT2D eigenvalue weighted by molar-refractivity contribution is 5.78. The summed E-state index contributed by atoms with van der Waals surface area (Å²) in [5, 5.41) is 10.8. The van der Waals surface area contributed by atoms with Crippen LogP contribution in [0.25, 0.3) is 0 Å². The minimum absolute atomic E-state index is 0.194. The summed E-state index contributed by atoms with van der Waals surface area (Å²) in [4.78, 5) is 17.0. The second-order valence-corrected chi connectivity index (χ2v) is 8.63. The first-order valence-corrected chi connectivity index (χ1v) is 10.5. The third kappa shape index (κ3) is 6.61. The van der Waals surface area contributed by atoms with Gasteiger partial charge in [0.2, 0.25) is 5.91 Å². The van der Waals surface area contributed by atoms with Crippen LogP contribution < -0.4 is 5.32 Å². The lowest BCUT2D eigenvalue weighted by molar-refractivity contribution is -0.135. The second-order valence-electron chi connectivity index (χ2n) is 8.63. The molecule has 1 aliphatic rings. The van der Waals surface area contributed by atoms with Crippen molar-refractivity contribution in [1.29, 1.82) is 0 Å². The Hall–Kier alpha value is -1.40. The van der Waals surface area contributed by atoms with Gasteiger partial charge in [-0.2, -0.15) is 5.10 Å². The molecule has 1 heterocycles. The third-order valence-corrected chi connectivity index (χ3v) is 5.82. The minimum Gasteiger partial charge on any atom is -0.346 e. The summed E-state index contributed by atoms with van der Waals surface area (Å²) in [6, 6.07) is 0. The van der Waals surface area contributed by atoms with Gasteiger partial charge in [-0.3, -0.25) is 9.89 Å². The molecule has 6 heteroatoms. The predicted molar refractivity (Wildman–Crippen MR) is 111 cm³/mol. The van der Waals surface area contributed by atoms with Crippen molar-refractivity contribution in [1.82, 2.24) is 25.3 Å². The monoisotopic (exact) mass is 377 g/mol. The average Bonchev–Trinajstić information content (AvgIpc) is 3.11. The highest BCUT2D eigenvalue weighted by Crippen LogP contribution is 2.37. The number of hydrogen-bond acceptors (Lipinski definition) is 4. The first-order chi connectivity index (χ1) is 12.9. The van der Waals surface area contributed by atoms with Crippen molar-refractivity contribution >= 4 is 5.91 Å². The summed E-state index contributed by atoms with van der Waals surface area (Å²) >= 11 is 0. The Bertz CT molecular complexity index is 563. The van der Waals surface area contributed by atoms with Crippen molar-refractivity contribution in [2.45, 2.75) is 58.4 Å². The largest absolute Gasteiger partial charge is 0.346 e. The quantitative estimate of drug-likeness (QED) is 0.658. The van der Waals surface area contributed by atoms with Crippen molar-refractivity contribution in [3.8, 4) is 0 Å². The van der Waals surface area contributed by atoms with Gasteiger partial charge in [0, 0.05) is 56.8 Å². The zero-order chi connectivity index (χ0) is 19.8. The van der Waals surface area contributed by atoms with Crippen molar-refractivity contribution in [2.75, 3.05) is 40.8 Å². The maximum atomic E-state index is 12.7. The van der Waals surface area contributed by atoms with Crippen molar-refractivity contribution in [2.24, 2.45) is 11.8 Å². The summed E-state index contributed by atoms with van der Waals surface area (Å²) in [6.45, 7) is 8.22. The van der Waals surface area contributed by atoms with E-state index in [4.69, 9.17) is 0 Å². The molecular weight excluding hydrogens is 338 g/mol. The third-order valence-electron chi connectivity index (χ3n) is 5.82. The van der Waals surface area contributed by atoms with Crippen LogP contribution in [0.15, 0.2) is 6.20 Å². The zero-order valence-corrected chi connectivity index (χ0v) is 17.9. The molecule has 27 heavy (non-hydrogen) atoms. The molecule has 1 aliphatic carbocycles. The molecule has 0 unspecified atom stereocenters. The van der Waals surface area contributed by atoms with E-state index < -0.39 is 0 Å². The van der Waals surface area contributed by atoms with Crippen LogP contribution in [-0.2, 0) is 11.3 Å². The van der Waals surface area contributed by atoms with Crippen molar-refractivity contribution in [3.63, 3.8) is 0 Å². The molecule has 154 valence electrons. The van der Waals surface area contributed by atoms with E-state index in [1.807, 2.05) is 25.2 Å². The summed E-state index contributed by atoms with van der Waals surface area (Å²) in [5.74, 6) is 1.65. The number of likely N-dealkylation sites (N-methyl/N-ethyl adjacent to an activating group) is 2. The number of aromatic amines is 1. The highest BCUT2D eigenvalue weighted by Gasteiger charge is 2.30. The number of amides is 1. The van der Waals surface area contributed by atoms with Crippen LogP contribution >= 0.6 is 0 Å². The standard InChI is InChI=1S/C21H39N5O/c1-16(2)10-12-26(5)21(27)18-8-6-17(7-9-18)20-19(14-23-24-20)15-25(4)13-11-22-3/h14,16-18,22H,6-13,15H2,1-5H3,(H,23,24)/t17-,18-. The van der Waals surface area contributed by atoms with Gasteiger partial charge in [-0.25, -0.2) is 0 Å². The van der Waals surface area contributed by atoms with Crippen LogP contribution in [0.2, 0.25) is 0 Å². The van der Waals surface area contributed by atoms with Crippen LogP contribution in [0.5, 0.6) is 0 Å². The maximum Gasteiger partial charge on any atom is 0.225 e. The van der Waals surface area contributed by atoms with E-state index in [9.17, 15) is 4.79 Å². The molecule has 6 nitrogen and oxygen atoms in total. The molecule has 0 atom stereocenters. The normalized spacial score (nSPS) is 20.4. The lowest BCUT2D eigenvalue weighted by atomic mass is 9.79. The smallest absolute Gasteiger partial charge is 0.225 e. The summed E-state index contributed by atoms with van der Waals surface area (Å²) in [6.07, 6.45) is 7.21. The van der Waals surface area contributed by atoms with E-state index in [0.717, 1.165) is 58.3 Å². The number of rotatable bonds is 10. The van der Waals surface area contributed by atoms with Crippen LogP contribution in [0.4, 0.5) is 0 Å². The molecule has 1 amide bonds. The first-order valence-electron chi connectivity index (χ1n) is 10.5. The number of carbonyl (C=O) groups is 1. The van der Waals surface area contributed by atoms with Crippen LogP contribution in [0, 0.1) is 11.8 Å². The summed E-state index contributed by atoms with van der Waals surface area (Å²) in [7, 11) is 6.09. The van der Waals surface area contributed by atoms with Gasteiger partial charge in [-0.05, 0) is 52.1 Å². The van der Waals surface area contributed by atoms with Gasteiger partial charge in [0.15, 0.2) is 0 Å². The molecule has 0 bridgehead atoms. The maximum absolute atomic E-state index is 12.7. The van der Waals surface area contributed by atoms with Gasteiger partial charge in [-0.15, -0.1) is 0 Å². The highest BCUT2D eigenvalue weighted by atomic mass is 16.2. The van der Waals surface area contributed by atoms with Crippen LogP contribution in [0.1, 0.15) is 63.1 Å². The number of carbonyl (C=O) groups excluding carboxylic acids is 1. The molecule has 0 saturated heterocycles. The van der Waals surface area contributed by atoms with Gasteiger partial charge in [0.1, 0.15) is 0 Å². The fraction of sp³-hybridized carbons (Fsp3) is 0.810. The Morgan fingerprint density at radius 2 is 1.96 bits per heavy atom. The summed E-state index contributed by atoms with van der Waals surface area (Å²) < 4.78 is 0. The number of nitrogens with zero attached hydrogens (tertiary/aromatic N) is 3. The Balaban J connectivity index is 1.85. The van der Waals surface area contributed by atoms with E-state index in [0.29, 0.717) is 17.7 Å². The Morgan fingerprint density at radius 3 is 2.59 bits per heavy atom. The lowest BCUT2D eigenvalue weighted by Crippen LogP contribution is -2.36. The average molecular weight is 378 g/mol. The van der Waals surface area contributed by atoms with E-state index in [1.54, 1.807) is 0 Å². The molecule has 0 radical (unpaired) electrons. The molecule has 1 aromatic rings. The Kier molecular flexibility index (Phi) is 8.77. The van der Waals surface area contributed by atoms with Gasteiger partial charge in [-0.1, -0.05) is 13.8 Å². The molecule has 0 spiro atoms. The van der Waals surface area contributed by atoms with Gasteiger partial charge >= 0.3 is 0 Å². The summed E-state index contributed by atoms with van der Waals surface area (Å²) in [5.41, 5.74) is 2.52. The van der Waals surface area contributed by atoms with E-state index >= 15 is 0 Å². The molecule has 0 aliphatic heterocycles. The van der Waals surface area contributed by atoms with Crippen LogP contribution in [0.3, 0.4) is 0 Å². The SMILES string of the molecule is CNCCN(C)Cc1c[nH]nc1[C@H]1CC[C@H](C(=O)N(C)CCC(C)C)CC1. The second kappa shape index (κ2) is 10.8. The van der Waals surface area contributed by atoms with Crippen molar-refractivity contribution in [3.05, 3.63) is 17.5 Å². The number of nitrogens with one attached hydrogen (secondary N) is 2. The molecule has 0 aromatic carbocycles. The Morgan fingerprint density at radius 1 is 1.26 bits per heavy atom. The Labute approximate surface area is 165 Å². The predicted octanol–water partition coefficient (Wildman–Crippen LogP) is 2.84. The van der Waals surface area contributed by atoms with Crippen molar-refractivity contribution < 1.29 is 4.79 Å². The molecule has 2 N–H and O–H groups in total. The van der Waals surface area contributed by atoms with Gasteiger partial charge < -0.3 is 15.1 Å². The zero-order valence-electron chi connectivity index (χ0n) is 17.9. The van der Waals surface area contributed by atoms with Gasteiger partial charge in [0.25, 0.3) is 0 Å². The van der Waals surface area contributed by atoms with E-state index in [1.165, 1.54) is 11.3 Å². The molecule has 1 saturated carbocycles. The number of aromatic nitrogens is 2. The van der Waals surface area contributed by atoms with Crippen LogP contribution in [-0.4, -0.2) is 66.7 Å². The fourth-order valence-corrected chi connectivity index (χ4v) is 3.97. The van der Waals surface area contributed by atoms with E-state index in [2.05, 4.69) is 41.3 Å². The topological polar surface area (TPSA) is 64.3 Å². The first kappa shape index (κ1) is 21.9. The molecule has 2 rings (SSSR count). The number of hydrogen-bond donors (Lipinski definition) is 2. The molecule has 1 fully saturated rings. The van der Waals surface area contributed by atoms with Gasteiger partial charge in [0.05, 0.1) is 5.69 Å². The molecular formula is C21H39N5O. The minimum atomic E-state index is 0.194. The fourth-order valence-electron chi connectivity index (χ4n) is 3.97. The lowest BCUT2D eigenvalue weighted by Gasteiger charge is -2.30.